The number of thiophene rings is 1. The van der Waals surface area contributed by atoms with E-state index in [9.17, 15) is 13.2 Å². The number of aromatic carboxylic acids is 1. The molecule has 0 fully saturated rings. The first-order valence-electron chi connectivity index (χ1n) is 5.23. The summed E-state index contributed by atoms with van der Waals surface area (Å²) in [5.41, 5.74) is 0. The highest BCUT2D eigenvalue weighted by molar-refractivity contribution is 7.89. The lowest BCUT2D eigenvalue weighted by Gasteiger charge is -2.19. The summed E-state index contributed by atoms with van der Waals surface area (Å²) in [6, 6.07) is 0.599. The van der Waals surface area contributed by atoms with E-state index in [2.05, 4.69) is 4.72 Å². The molecule has 0 saturated carbocycles. The molecule has 0 radical (unpaired) electrons. The molecule has 0 bridgehead atoms. The van der Waals surface area contributed by atoms with Crippen molar-refractivity contribution in [1.29, 1.82) is 0 Å². The summed E-state index contributed by atoms with van der Waals surface area (Å²) in [5.74, 6) is -1.38. The van der Waals surface area contributed by atoms with Crippen LogP contribution in [0.5, 0.6) is 0 Å². The third-order valence-electron chi connectivity index (χ3n) is 2.42. The van der Waals surface area contributed by atoms with Crippen LogP contribution in [0, 0.1) is 5.92 Å². The lowest BCUT2D eigenvalue weighted by molar-refractivity contribution is 0.0698. The number of hydrogen-bond acceptors (Lipinski definition) is 5. The van der Waals surface area contributed by atoms with E-state index in [1.54, 1.807) is 13.8 Å². The van der Waals surface area contributed by atoms with E-state index >= 15 is 0 Å². The van der Waals surface area contributed by atoms with Crippen LogP contribution in [0.2, 0.25) is 0 Å². The first kappa shape index (κ1) is 15.1. The van der Waals surface area contributed by atoms with E-state index in [0.29, 0.717) is 0 Å². The zero-order valence-electron chi connectivity index (χ0n) is 9.95. The van der Waals surface area contributed by atoms with E-state index in [1.807, 2.05) is 0 Å². The van der Waals surface area contributed by atoms with Crippen LogP contribution >= 0.6 is 11.3 Å². The highest BCUT2D eigenvalue weighted by Gasteiger charge is 2.27. The molecule has 1 rings (SSSR count). The van der Waals surface area contributed by atoms with Crippen LogP contribution in [0.3, 0.4) is 0 Å². The number of carboxylic acid groups (broad SMARTS) is 1. The molecule has 3 N–H and O–H groups in total. The lowest BCUT2D eigenvalue weighted by Crippen LogP contribution is -2.41. The first-order valence-corrected chi connectivity index (χ1v) is 7.60. The second-order valence-corrected chi connectivity index (χ2v) is 6.67. The summed E-state index contributed by atoms with van der Waals surface area (Å²) in [6.45, 7) is 3.17. The third-order valence-corrected chi connectivity index (χ3v) is 4.98. The van der Waals surface area contributed by atoms with Gasteiger partial charge in [0.25, 0.3) is 0 Å². The molecule has 0 aliphatic heterocycles. The van der Waals surface area contributed by atoms with Crippen LogP contribution in [-0.4, -0.2) is 37.2 Å². The van der Waals surface area contributed by atoms with Crippen molar-refractivity contribution in [3.8, 4) is 0 Å². The van der Waals surface area contributed by atoms with Gasteiger partial charge in [-0.15, -0.1) is 11.3 Å². The Morgan fingerprint density at radius 3 is 2.56 bits per heavy atom. The molecule has 1 heterocycles. The molecule has 6 nitrogen and oxygen atoms in total. The van der Waals surface area contributed by atoms with Crippen molar-refractivity contribution in [2.75, 3.05) is 6.61 Å². The molecule has 8 heteroatoms. The van der Waals surface area contributed by atoms with E-state index in [1.165, 1.54) is 11.4 Å². The first-order chi connectivity index (χ1) is 8.29. The minimum atomic E-state index is -3.93. The summed E-state index contributed by atoms with van der Waals surface area (Å²) in [5, 5.41) is 19.4. The van der Waals surface area contributed by atoms with Crippen molar-refractivity contribution < 1.29 is 23.4 Å². The van der Waals surface area contributed by atoms with Gasteiger partial charge in [-0.3, -0.25) is 0 Å². The fourth-order valence-electron chi connectivity index (χ4n) is 1.31. The minimum Gasteiger partial charge on any atom is -0.477 e. The Balaban J connectivity index is 3.07. The van der Waals surface area contributed by atoms with Gasteiger partial charge in [0.1, 0.15) is 9.77 Å². The molecule has 0 aliphatic carbocycles. The van der Waals surface area contributed by atoms with Crippen LogP contribution < -0.4 is 4.72 Å². The molecule has 1 aromatic rings. The molecule has 0 spiro atoms. The number of aliphatic hydroxyl groups is 1. The average molecular weight is 293 g/mol. The molecule has 18 heavy (non-hydrogen) atoms. The van der Waals surface area contributed by atoms with E-state index in [0.717, 1.165) is 11.3 Å². The maximum atomic E-state index is 12.0. The van der Waals surface area contributed by atoms with Crippen molar-refractivity contribution in [3.05, 3.63) is 16.3 Å². The number of rotatable bonds is 6. The zero-order valence-corrected chi connectivity index (χ0v) is 11.6. The molecule has 1 aromatic heterocycles. The fourth-order valence-corrected chi connectivity index (χ4v) is 3.95. The van der Waals surface area contributed by atoms with Gasteiger partial charge in [0.15, 0.2) is 0 Å². The van der Waals surface area contributed by atoms with Gasteiger partial charge < -0.3 is 10.2 Å². The number of aliphatic hydroxyl groups excluding tert-OH is 1. The third kappa shape index (κ3) is 3.29. The van der Waals surface area contributed by atoms with E-state index in [-0.39, 0.29) is 22.3 Å². The van der Waals surface area contributed by atoms with Gasteiger partial charge >= 0.3 is 5.97 Å². The predicted octanol–water partition coefficient (Wildman–Crippen LogP) is 0.742. The number of carbonyl (C=O) groups is 1. The molecular weight excluding hydrogens is 278 g/mol. The normalized spacial score (nSPS) is 13.8. The maximum Gasteiger partial charge on any atom is 0.347 e. The number of nitrogens with one attached hydrogen (secondary N) is 1. The zero-order chi connectivity index (χ0) is 13.9. The monoisotopic (exact) mass is 293 g/mol. The summed E-state index contributed by atoms with van der Waals surface area (Å²) in [7, 11) is -3.93. The highest BCUT2D eigenvalue weighted by Crippen LogP contribution is 2.22. The lowest BCUT2D eigenvalue weighted by atomic mass is 10.1. The highest BCUT2D eigenvalue weighted by atomic mass is 32.2. The molecule has 0 aliphatic rings. The summed E-state index contributed by atoms with van der Waals surface area (Å²) < 4.78 is 26.3. The minimum absolute atomic E-state index is 0.100. The van der Waals surface area contributed by atoms with Gasteiger partial charge in [0.05, 0.1) is 6.61 Å². The van der Waals surface area contributed by atoms with Gasteiger partial charge in [-0.25, -0.2) is 17.9 Å². The predicted molar refractivity (Wildman–Crippen MR) is 67.3 cm³/mol. The largest absolute Gasteiger partial charge is 0.477 e. The Kier molecular flexibility index (Phi) is 4.85. The van der Waals surface area contributed by atoms with Crippen LogP contribution in [0.1, 0.15) is 23.5 Å². The SMILES string of the molecule is CC(C)C(CO)NS(=O)(=O)c1ccsc1C(=O)O. The van der Waals surface area contributed by atoms with Gasteiger partial charge in [-0.1, -0.05) is 13.8 Å². The van der Waals surface area contributed by atoms with E-state index in [4.69, 9.17) is 10.2 Å². The quantitative estimate of drug-likeness (QED) is 0.717. The molecule has 102 valence electrons. The van der Waals surface area contributed by atoms with Gasteiger partial charge in [-0.05, 0) is 17.4 Å². The second kappa shape index (κ2) is 5.79. The van der Waals surface area contributed by atoms with Crippen molar-refractivity contribution in [3.63, 3.8) is 0 Å². The molecular formula is C10H15NO5S2. The number of sulfonamides is 1. The topological polar surface area (TPSA) is 104 Å². The molecule has 0 amide bonds. The van der Waals surface area contributed by atoms with Crippen LogP contribution in [-0.2, 0) is 10.0 Å². The van der Waals surface area contributed by atoms with Gasteiger partial charge in [-0.2, -0.15) is 0 Å². The average Bonchev–Trinajstić information content (AvgIpc) is 2.75. The van der Waals surface area contributed by atoms with Crippen LogP contribution in [0.4, 0.5) is 0 Å². The summed E-state index contributed by atoms with van der Waals surface area (Å²) in [4.78, 5) is 10.4. The fraction of sp³-hybridized carbons (Fsp3) is 0.500. The summed E-state index contributed by atoms with van der Waals surface area (Å²) in [6.07, 6.45) is 0. The van der Waals surface area contributed by atoms with Crippen LogP contribution in [0.25, 0.3) is 0 Å². The number of carboxylic acids is 1. The van der Waals surface area contributed by atoms with Crippen LogP contribution in [0.15, 0.2) is 16.3 Å². The van der Waals surface area contributed by atoms with Gasteiger partial charge in [0, 0.05) is 6.04 Å². The van der Waals surface area contributed by atoms with Crippen molar-refractivity contribution in [1.82, 2.24) is 4.72 Å². The second-order valence-electron chi connectivity index (χ2n) is 4.07. The molecule has 1 atom stereocenters. The Labute approximate surface area is 109 Å². The van der Waals surface area contributed by atoms with Crippen molar-refractivity contribution in [2.45, 2.75) is 24.8 Å². The molecule has 1 unspecified atom stereocenters. The Morgan fingerprint density at radius 2 is 2.11 bits per heavy atom. The van der Waals surface area contributed by atoms with Crippen molar-refractivity contribution in [2.24, 2.45) is 5.92 Å². The van der Waals surface area contributed by atoms with Gasteiger partial charge in [0.2, 0.25) is 10.0 Å². The van der Waals surface area contributed by atoms with E-state index < -0.39 is 22.0 Å². The molecule has 0 aromatic carbocycles. The Bertz CT molecular complexity index is 520. The standard InChI is InChI=1S/C10H15NO5S2/c1-6(2)7(5-12)11-18(15,16)8-3-4-17-9(8)10(13)14/h3-4,6-7,11-12H,5H2,1-2H3,(H,13,14). The molecule has 0 saturated heterocycles. The van der Waals surface area contributed by atoms with Crippen molar-refractivity contribution >= 4 is 27.3 Å². The summed E-state index contributed by atoms with van der Waals surface area (Å²) >= 11 is 0.846. The Hall–Kier alpha value is -0.960. The Morgan fingerprint density at radius 1 is 1.50 bits per heavy atom. The maximum absolute atomic E-state index is 12.0. The number of hydrogen-bond donors (Lipinski definition) is 3. The smallest absolute Gasteiger partial charge is 0.347 e.